The molecular weight excluding hydrogens is 328 g/mol. The Bertz CT molecular complexity index is 526. The predicted octanol–water partition coefficient (Wildman–Crippen LogP) is 3.10. The van der Waals surface area contributed by atoms with Crippen LogP contribution in [0.3, 0.4) is 0 Å². The number of hydrogen-bond donors (Lipinski definition) is 0. The van der Waals surface area contributed by atoms with Gasteiger partial charge in [0.05, 0.1) is 20.2 Å². The van der Waals surface area contributed by atoms with Gasteiger partial charge >= 0.3 is 0 Å². The fourth-order valence-electron chi connectivity index (χ4n) is 2.25. The molecule has 1 heterocycles. The van der Waals surface area contributed by atoms with E-state index >= 15 is 0 Å². The van der Waals surface area contributed by atoms with Gasteiger partial charge in [0.1, 0.15) is 12.4 Å². The van der Waals surface area contributed by atoms with Crippen LogP contribution < -0.4 is 4.57 Å². The summed E-state index contributed by atoms with van der Waals surface area (Å²) in [4.78, 5) is 0. The third-order valence-electron chi connectivity index (χ3n) is 3.41. The van der Waals surface area contributed by atoms with E-state index in [1.807, 2.05) is 6.08 Å². The van der Waals surface area contributed by atoms with Crippen molar-refractivity contribution in [2.24, 2.45) is 7.05 Å². The number of hydrogen-bond acceptors (Lipinski definition) is 4. The maximum absolute atomic E-state index is 9.45. The van der Waals surface area contributed by atoms with E-state index in [9.17, 15) is 13.0 Å². The smallest absolute Gasteiger partial charge is 0.243 e. The summed E-state index contributed by atoms with van der Waals surface area (Å²) in [6, 6.07) is 0. The second-order valence-corrected chi connectivity index (χ2v) is 6.74. The highest BCUT2D eigenvalue weighted by Gasteiger charge is 1.99. The molecule has 140 valence electrons. The van der Waals surface area contributed by atoms with Crippen LogP contribution in [-0.2, 0) is 28.2 Å². The van der Waals surface area contributed by atoms with Crippen LogP contribution >= 0.6 is 0 Å². The number of unbranched alkanes of at least 4 members (excludes halogenated alkanes) is 7. The molecule has 1 aromatic heterocycles. The molecule has 0 atom stereocenters. The van der Waals surface area contributed by atoms with Crippen LogP contribution in [-0.4, -0.2) is 24.1 Å². The number of rotatable bonds is 12. The van der Waals surface area contributed by atoms with Gasteiger partial charge in [0, 0.05) is 0 Å². The molecule has 0 aliphatic heterocycles. The number of imidazole rings is 1. The fourth-order valence-corrected chi connectivity index (χ4v) is 2.53. The van der Waals surface area contributed by atoms with Crippen molar-refractivity contribution in [3.05, 3.63) is 31.4 Å². The highest BCUT2D eigenvalue weighted by Crippen LogP contribution is 2.09. The summed E-state index contributed by atoms with van der Waals surface area (Å²) >= 11 is 0. The molecule has 0 amide bonds. The van der Waals surface area contributed by atoms with Crippen molar-refractivity contribution in [2.45, 2.75) is 64.8 Å². The van der Waals surface area contributed by atoms with Crippen molar-refractivity contribution in [1.29, 1.82) is 0 Å². The third-order valence-corrected chi connectivity index (χ3v) is 3.93. The topological polar surface area (TPSA) is 75.2 Å². The van der Waals surface area contributed by atoms with Gasteiger partial charge < -0.3 is 4.55 Å². The summed E-state index contributed by atoms with van der Waals surface area (Å²) in [5.41, 5.74) is 0. The average Bonchev–Trinajstić information content (AvgIpc) is 2.90. The normalized spacial score (nSPS) is 11.0. The Labute approximate surface area is 147 Å². The Hall–Kier alpha value is -1.18. The van der Waals surface area contributed by atoms with Crippen molar-refractivity contribution in [3.8, 4) is 0 Å². The average molecular weight is 361 g/mol. The molecule has 0 bridgehead atoms. The lowest BCUT2D eigenvalue weighted by molar-refractivity contribution is -0.671. The fraction of sp³-hybridized carbons (Fsp3) is 0.706. The zero-order valence-electron chi connectivity index (χ0n) is 15.0. The van der Waals surface area contributed by atoms with Gasteiger partial charge in [-0.2, -0.15) is 0 Å². The van der Waals surface area contributed by atoms with E-state index in [2.05, 4.69) is 45.7 Å². The minimum atomic E-state index is -4.42. The van der Waals surface area contributed by atoms with Crippen molar-refractivity contribution in [1.82, 2.24) is 4.57 Å². The van der Waals surface area contributed by atoms with Gasteiger partial charge in [-0.25, -0.2) is 17.6 Å². The maximum Gasteiger partial charge on any atom is 0.243 e. The van der Waals surface area contributed by atoms with E-state index in [1.165, 1.54) is 58.3 Å². The number of allylic oxidation sites excluding steroid dienone is 1. The molecule has 0 aromatic carbocycles. The van der Waals surface area contributed by atoms with Crippen LogP contribution in [0.5, 0.6) is 0 Å². The predicted molar refractivity (Wildman–Crippen MR) is 94.1 cm³/mol. The summed E-state index contributed by atoms with van der Waals surface area (Å²) < 4.78 is 36.4. The standard InChI is InChI=1S/C15H27N2.C2H6O4S/c1-3-4-5-6-7-8-9-10-11-12-17-14-13-16(2)15-17;1-2-6-7(3,4)5/h3,13-15H,1,4-12H2,2H3;2H2,1H3,(H,3,4,5)/q+1;/p-1. The first-order valence-corrected chi connectivity index (χ1v) is 9.94. The van der Waals surface area contributed by atoms with Crippen molar-refractivity contribution in [3.63, 3.8) is 0 Å². The molecule has 1 aromatic rings. The van der Waals surface area contributed by atoms with Gasteiger partial charge in [0.2, 0.25) is 16.7 Å². The Morgan fingerprint density at radius 1 is 1.17 bits per heavy atom. The lowest BCUT2D eigenvalue weighted by Gasteiger charge is -2.02. The van der Waals surface area contributed by atoms with Gasteiger partial charge in [-0.05, 0) is 32.6 Å². The highest BCUT2D eigenvalue weighted by molar-refractivity contribution is 7.80. The maximum atomic E-state index is 9.45. The minimum Gasteiger partial charge on any atom is -0.726 e. The lowest BCUT2D eigenvalue weighted by Crippen LogP contribution is -2.23. The van der Waals surface area contributed by atoms with Crippen molar-refractivity contribution < 1.29 is 21.7 Å². The van der Waals surface area contributed by atoms with Crippen LogP contribution in [0.25, 0.3) is 0 Å². The zero-order chi connectivity index (χ0) is 18.3. The second-order valence-electron chi connectivity index (χ2n) is 5.68. The van der Waals surface area contributed by atoms with E-state index in [0.29, 0.717) is 0 Å². The van der Waals surface area contributed by atoms with Gasteiger partial charge in [0.25, 0.3) is 0 Å². The molecule has 0 saturated heterocycles. The van der Waals surface area contributed by atoms with E-state index in [1.54, 1.807) is 0 Å². The van der Waals surface area contributed by atoms with Crippen molar-refractivity contribution >= 4 is 10.4 Å². The summed E-state index contributed by atoms with van der Waals surface area (Å²) in [5.74, 6) is 0. The number of aryl methyl sites for hydroxylation is 2. The molecule has 24 heavy (non-hydrogen) atoms. The first kappa shape index (κ1) is 22.8. The second kappa shape index (κ2) is 14.2. The first-order valence-electron chi connectivity index (χ1n) is 8.61. The Kier molecular flexibility index (Phi) is 13.5. The molecule has 0 fully saturated rings. The molecule has 0 unspecified atom stereocenters. The van der Waals surface area contributed by atoms with E-state index in [4.69, 9.17) is 0 Å². The third kappa shape index (κ3) is 15.7. The summed E-state index contributed by atoms with van der Waals surface area (Å²) in [6.07, 6.45) is 19.2. The molecule has 6 nitrogen and oxygen atoms in total. The molecule has 0 N–H and O–H groups in total. The van der Waals surface area contributed by atoms with Crippen LogP contribution in [0.4, 0.5) is 0 Å². The van der Waals surface area contributed by atoms with Crippen molar-refractivity contribution in [2.75, 3.05) is 6.61 Å². The largest absolute Gasteiger partial charge is 0.726 e. The minimum absolute atomic E-state index is 0.0914. The molecule has 0 aliphatic carbocycles. The van der Waals surface area contributed by atoms with Crippen LogP contribution in [0.1, 0.15) is 58.3 Å². The SMILES string of the molecule is C=CCCCCCCCCCn1cc[n+](C)c1.CCOS(=O)(=O)[O-]. The Balaban J connectivity index is 0.000000640. The van der Waals surface area contributed by atoms with Gasteiger partial charge in [-0.3, -0.25) is 4.18 Å². The van der Waals surface area contributed by atoms with E-state index in [-0.39, 0.29) is 6.61 Å². The molecule has 7 heteroatoms. The molecule has 0 spiro atoms. The monoisotopic (exact) mass is 360 g/mol. The summed E-state index contributed by atoms with van der Waals surface area (Å²) in [5, 5.41) is 0. The first-order chi connectivity index (χ1) is 11.4. The van der Waals surface area contributed by atoms with E-state index in [0.717, 1.165) is 6.54 Å². The Morgan fingerprint density at radius 2 is 1.75 bits per heavy atom. The van der Waals surface area contributed by atoms with E-state index < -0.39 is 10.4 Å². The molecule has 1 rings (SSSR count). The van der Waals surface area contributed by atoms with Crippen LogP contribution in [0.2, 0.25) is 0 Å². The van der Waals surface area contributed by atoms with Gasteiger partial charge in [-0.1, -0.05) is 31.8 Å². The Morgan fingerprint density at radius 3 is 2.17 bits per heavy atom. The molecule has 0 saturated carbocycles. The molecule has 0 aliphatic rings. The quantitative estimate of drug-likeness (QED) is 0.189. The molecular formula is C17H32N2O4S. The van der Waals surface area contributed by atoms with Crippen LogP contribution in [0, 0.1) is 0 Å². The summed E-state index contributed by atoms with van der Waals surface area (Å²) in [7, 11) is -2.35. The highest BCUT2D eigenvalue weighted by atomic mass is 32.3. The summed E-state index contributed by atoms with van der Waals surface area (Å²) in [6.45, 7) is 6.24. The zero-order valence-corrected chi connectivity index (χ0v) is 15.8. The molecule has 0 radical (unpaired) electrons. The van der Waals surface area contributed by atoms with Gasteiger partial charge in [-0.15, -0.1) is 6.58 Å². The lowest BCUT2D eigenvalue weighted by atomic mass is 10.1. The number of nitrogens with zero attached hydrogens (tertiary/aromatic N) is 2. The number of aromatic nitrogens is 2. The van der Waals surface area contributed by atoms with Gasteiger partial charge in [0.15, 0.2) is 0 Å². The van der Waals surface area contributed by atoms with Crippen LogP contribution in [0.15, 0.2) is 31.4 Å².